The number of hydrogen-bond acceptors (Lipinski definition) is 6. The molecule has 1 amide bonds. The number of carbonyl (C=O) groups is 1. The molecule has 0 aliphatic carbocycles. The Kier molecular flexibility index (Phi) is 4.01. The normalized spacial score (nSPS) is 9.33. The number of nitrogens with two attached hydrogens (primary N) is 1. The van der Waals surface area contributed by atoms with Gasteiger partial charge in [-0.25, -0.2) is 0 Å². The molecule has 5 nitrogen and oxygen atoms in total. The fraction of sp³-hybridized carbons (Fsp3) is 0. The number of nitrogens with one attached hydrogen (secondary N) is 1. The first-order chi connectivity index (χ1) is 6.77. The fourth-order valence-corrected chi connectivity index (χ4v) is 1.90. The van der Waals surface area contributed by atoms with Crippen LogP contribution in [0.5, 0.6) is 0 Å². The summed E-state index contributed by atoms with van der Waals surface area (Å²) in [6, 6.07) is 1.80. The molecule has 0 atom stereocenters. The summed E-state index contributed by atoms with van der Waals surface area (Å²) in [4.78, 5) is 11.5. The highest BCUT2D eigenvalue weighted by molar-refractivity contribution is 7.10. The van der Waals surface area contributed by atoms with E-state index in [0.717, 1.165) is 17.2 Å². The molecule has 0 aliphatic rings. The fourth-order valence-electron chi connectivity index (χ4n) is 0.881. The minimum atomic E-state index is -0.324. The molecule has 2 heterocycles. The Labute approximate surface area is 99.9 Å². The maximum atomic E-state index is 11.5. The molecule has 0 bridgehead atoms. The predicted octanol–water partition coefficient (Wildman–Crippen LogP) is 1.86. The Morgan fingerprint density at radius 1 is 1.53 bits per heavy atom. The third-order valence-electron chi connectivity index (χ3n) is 1.51. The number of thiophene rings is 1. The van der Waals surface area contributed by atoms with Crippen LogP contribution in [0.4, 0.5) is 10.7 Å². The second-order valence-corrected chi connectivity index (χ2v) is 4.02. The molecule has 0 saturated heterocycles. The Hall–Kier alpha value is -1.18. The van der Waals surface area contributed by atoms with Crippen molar-refractivity contribution in [2.24, 2.45) is 0 Å². The lowest BCUT2D eigenvalue weighted by Crippen LogP contribution is -2.13. The van der Waals surface area contributed by atoms with Gasteiger partial charge in [-0.3, -0.25) is 4.79 Å². The summed E-state index contributed by atoms with van der Waals surface area (Å²) in [5.74, 6) is -0.324. The van der Waals surface area contributed by atoms with E-state index in [1.807, 2.05) is 10.8 Å². The molecule has 2 aromatic rings. The van der Waals surface area contributed by atoms with Crippen molar-refractivity contribution in [3.05, 3.63) is 22.5 Å². The number of anilines is 2. The number of nitrogens with zero attached hydrogens (tertiary/aromatic N) is 2. The van der Waals surface area contributed by atoms with Crippen molar-refractivity contribution >= 4 is 51.9 Å². The van der Waals surface area contributed by atoms with Gasteiger partial charge in [0.1, 0.15) is 5.00 Å². The van der Waals surface area contributed by atoms with E-state index in [9.17, 15) is 4.79 Å². The molecule has 0 aromatic carbocycles. The minimum absolute atomic E-state index is 0. The number of halogens is 1. The van der Waals surface area contributed by atoms with Crippen LogP contribution in [0.15, 0.2) is 16.8 Å². The Balaban J connectivity index is 0.00000112. The third-order valence-corrected chi connectivity index (χ3v) is 2.74. The first kappa shape index (κ1) is 11.9. The van der Waals surface area contributed by atoms with Crippen molar-refractivity contribution in [3.63, 3.8) is 0 Å². The topological polar surface area (TPSA) is 80.9 Å². The third kappa shape index (κ3) is 2.65. The molecular weight excluding hydrogens is 256 g/mol. The maximum Gasteiger partial charge on any atom is 0.279 e. The SMILES string of the molecule is Cl.Nc1snnc1C(=O)Nc1ccsc1. The number of amides is 1. The van der Waals surface area contributed by atoms with Gasteiger partial charge >= 0.3 is 0 Å². The van der Waals surface area contributed by atoms with E-state index in [4.69, 9.17) is 5.73 Å². The average Bonchev–Trinajstić information content (AvgIpc) is 2.75. The second-order valence-electron chi connectivity index (χ2n) is 2.45. The summed E-state index contributed by atoms with van der Waals surface area (Å²) in [6.07, 6.45) is 0. The van der Waals surface area contributed by atoms with Crippen LogP contribution < -0.4 is 11.1 Å². The number of rotatable bonds is 2. The van der Waals surface area contributed by atoms with E-state index in [1.165, 1.54) is 11.3 Å². The van der Waals surface area contributed by atoms with E-state index in [-0.39, 0.29) is 24.0 Å². The van der Waals surface area contributed by atoms with Gasteiger partial charge in [-0.1, -0.05) is 4.49 Å². The molecule has 2 aromatic heterocycles. The van der Waals surface area contributed by atoms with Gasteiger partial charge in [0.15, 0.2) is 5.69 Å². The average molecular weight is 263 g/mol. The number of aromatic nitrogens is 2. The van der Waals surface area contributed by atoms with Gasteiger partial charge in [0.05, 0.1) is 5.69 Å². The van der Waals surface area contributed by atoms with E-state index in [0.29, 0.717) is 5.00 Å². The summed E-state index contributed by atoms with van der Waals surface area (Å²) < 4.78 is 3.58. The number of carbonyl (C=O) groups excluding carboxylic acids is 1. The Morgan fingerprint density at radius 3 is 2.87 bits per heavy atom. The van der Waals surface area contributed by atoms with Crippen LogP contribution in [-0.2, 0) is 0 Å². The molecule has 2 rings (SSSR count). The number of hydrogen-bond donors (Lipinski definition) is 2. The van der Waals surface area contributed by atoms with Gasteiger partial charge in [-0.05, 0) is 11.4 Å². The summed E-state index contributed by atoms with van der Waals surface area (Å²) in [7, 11) is 0. The van der Waals surface area contributed by atoms with Crippen molar-refractivity contribution in [1.29, 1.82) is 0 Å². The molecule has 0 fully saturated rings. The highest BCUT2D eigenvalue weighted by Crippen LogP contribution is 2.16. The summed E-state index contributed by atoms with van der Waals surface area (Å²) in [5.41, 5.74) is 6.43. The zero-order valence-corrected chi connectivity index (χ0v) is 9.79. The lowest BCUT2D eigenvalue weighted by molar-refractivity contribution is 0.102. The van der Waals surface area contributed by atoms with Crippen LogP contribution in [0, 0.1) is 0 Å². The summed E-state index contributed by atoms with van der Waals surface area (Å²) in [6.45, 7) is 0. The molecule has 0 radical (unpaired) electrons. The highest BCUT2D eigenvalue weighted by atomic mass is 35.5. The summed E-state index contributed by atoms with van der Waals surface area (Å²) in [5, 5.41) is 10.3. The van der Waals surface area contributed by atoms with Crippen molar-refractivity contribution in [2.45, 2.75) is 0 Å². The van der Waals surface area contributed by atoms with Crippen molar-refractivity contribution in [2.75, 3.05) is 11.1 Å². The van der Waals surface area contributed by atoms with Gasteiger partial charge in [-0.15, -0.1) is 17.5 Å². The van der Waals surface area contributed by atoms with Crippen LogP contribution in [0.3, 0.4) is 0 Å². The number of nitrogen functional groups attached to an aromatic ring is 1. The van der Waals surface area contributed by atoms with Crippen molar-refractivity contribution < 1.29 is 4.79 Å². The molecular formula is C7H7ClN4OS2. The van der Waals surface area contributed by atoms with Gasteiger partial charge in [-0.2, -0.15) is 11.3 Å². The first-order valence-corrected chi connectivity index (χ1v) is 5.40. The van der Waals surface area contributed by atoms with Crippen LogP contribution in [0.25, 0.3) is 0 Å². The smallest absolute Gasteiger partial charge is 0.279 e. The quantitative estimate of drug-likeness (QED) is 0.866. The molecule has 80 valence electrons. The maximum absolute atomic E-state index is 11.5. The molecule has 15 heavy (non-hydrogen) atoms. The van der Waals surface area contributed by atoms with Gasteiger partial charge in [0, 0.05) is 16.9 Å². The monoisotopic (exact) mass is 262 g/mol. The first-order valence-electron chi connectivity index (χ1n) is 3.69. The van der Waals surface area contributed by atoms with E-state index >= 15 is 0 Å². The molecule has 8 heteroatoms. The lowest BCUT2D eigenvalue weighted by atomic mass is 10.4. The zero-order valence-electron chi connectivity index (χ0n) is 7.34. The van der Waals surface area contributed by atoms with E-state index in [2.05, 4.69) is 14.9 Å². The van der Waals surface area contributed by atoms with E-state index < -0.39 is 0 Å². The van der Waals surface area contributed by atoms with Crippen LogP contribution in [-0.4, -0.2) is 15.5 Å². The van der Waals surface area contributed by atoms with Crippen molar-refractivity contribution in [1.82, 2.24) is 9.59 Å². The van der Waals surface area contributed by atoms with Crippen LogP contribution in [0.1, 0.15) is 10.5 Å². The largest absolute Gasteiger partial charge is 0.387 e. The highest BCUT2D eigenvalue weighted by Gasteiger charge is 2.14. The molecule has 0 spiro atoms. The predicted molar refractivity (Wildman–Crippen MR) is 63.8 cm³/mol. The molecule has 3 N–H and O–H groups in total. The van der Waals surface area contributed by atoms with Crippen LogP contribution >= 0.6 is 35.3 Å². The molecule has 0 aliphatic heterocycles. The van der Waals surface area contributed by atoms with Gasteiger partial charge in [0.25, 0.3) is 5.91 Å². The standard InChI is InChI=1S/C7H6N4OS2.ClH/c8-6-5(10-11-14-6)7(12)9-4-1-2-13-3-4;/h1-3H,8H2,(H,9,12);1H. The Bertz CT molecular complexity index is 442. The van der Waals surface area contributed by atoms with Crippen molar-refractivity contribution in [3.8, 4) is 0 Å². The summed E-state index contributed by atoms with van der Waals surface area (Å²) >= 11 is 2.51. The second kappa shape index (κ2) is 5.06. The Morgan fingerprint density at radius 2 is 2.33 bits per heavy atom. The van der Waals surface area contributed by atoms with E-state index in [1.54, 1.807) is 6.07 Å². The molecule has 0 saturated carbocycles. The molecule has 0 unspecified atom stereocenters. The van der Waals surface area contributed by atoms with Gasteiger partial charge < -0.3 is 11.1 Å². The zero-order chi connectivity index (χ0) is 9.97. The van der Waals surface area contributed by atoms with Crippen LogP contribution in [0.2, 0.25) is 0 Å². The minimum Gasteiger partial charge on any atom is -0.387 e. The lowest BCUT2D eigenvalue weighted by Gasteiger charge is -1.98. The van der Waals surface area contributed by atoms with Gasteiger partial charge in [0.2, 0.25) is 0 Å².